The Labute approximate surface area is 128 Å². The number of carboxylic acids is 1. The van der Waals surface area contributed by atoms with Crippen LogP contribution in [0.3, 0.4) is 0 Å². The lowest BCUT2D eigenvalue weighted by atomic mass is 9.77. The molecule has 3 rings (SSSR count). The van der Waals surface area contributed by atoms with E-state index >= 15 is 0 Å². The lowest BCUT2D eigenvalue weighted by molar-refractivity contribution is -0.144. The number of carbonyl (C=O) groups is 2. The number of hydrogen-bond acceptors (Lipinski definition) is 5. The SMILES string of the molecule is Cc1nccnc1CN1CCC2(CC1)NC(=O)C[C@H]2C(=O)O. The predicted octanol–water partition coefficient (Wildman–Crippen LogP) is 0.340. The summed E-state index contributed by atoms with van der Waals surface area (Å²) < 4.78 is 0. The van der Waals surface area contributed by atoms with E-state index in [2.05, 4.69) is 20.2 Å². The summed E-state index contributed by atoms with van der Waals surface area (Å²) in [4.78, 5) is 33.9. The molecule has 2 aliphatic rings. The number of hydrogen-bond donors (Lipinski definition) is 2. The molecule has 1 aromatic rings. The number of amides is 1. The number of aromatic nitrogens is 2. The van der Waals surface area contributed by atoms with E-state index in [9.17, 15) is 14.7 Å². The molecule has 22 heavy (non-hydrogen) atoms. The first-order valence-electron chi connectivity index (χ1n) is 7.53. The maximum atomic E-state index is 11.6. The van der Waals surface area contributed by atoms with Gasteiger partial charge >= 0.3 is 5.97 Å². The third kappa shape index (κ3) is 2.68. The van der Waals surface area contributed by atoms with Gasteiger partial charge in [-0.2, -0.15) is 0 Å². The average molecular weight is 304 g/mol. The third-order valence-electron chi connectivity index (χ3n) is 4.85. The van der Waals surface area contributed by atoms with Crippen LogP contribution in [0.15, 0.2) is 12.4 Å². The van der Waals surface area contributed by atoms with E-state index in [-0.39, 0.29) is 12.3 Å². The van der Waals surface area contributed by atoms with Crippen LogP contribution in [0.1, 0.15) is 30.7 Å². The quantitative estimate of drug-likeness (QED) is 0.836. The lowest BCUT2D eigenvalue weighted by Crippen LogP contribution is -2.55. The minimum absolute atomic E-state index is 0.0958. The van der Waals surface area contributed by atoms with Gasteiger partial charge in [-0.15, -0.1) is 0 Å². The fourth-order valence-electron chi connectivity index (χ4n) is 3.51. The first kappa shape index (κ1) is 14.9. The zero-order valence-corrected chi connectivity index (χ0v) is 12.6. The number of aliphatic carboxylic acids is 1. The molecule has 0 unspecified atom stereocenters. The van der Waals surface area contributed by atoms with Crippen LogP contribution in [0.4, 0.5) is 0 Å². The Balaban J connectivity index is 1.66. The molecule has 2 saturated heterocycles. The van der Waals surface area contributed by atoms with Crippen LogP contribution in [0.25, 0.3) is 0 Å². The Bertz CT molecular complexity index is 596. The van der Waals surface area contributed by atoms with Crippen LogP contribution in [-0.2, 0) is 16.1 Å². The smallest absolute Gasteiger partial charge is 0.309 e. The largest absolute Gasteiger partial charge is 0.481 e. The van der Waals surface area contributed by atoms with Gasteiger partial charge in [0.25, 0.3) is 0 Å². The Morgan fingerprint density at radius 2 is 2.09 bits per heavy atom. The van der Waals surface area contributed by atoms with E-state index < -0.39 is 17.4 Å². The Kier molecular flexibility index (Phi) is 3.82. The number of piperidine rings is 1. The highest BCUT2D eigenvalue weighted by molar-refractivity contribution is 5.88. The monoisotopic (exact) mass is 304 g/mol. The zero-order valence-electron chi connectivity index (χ0n) is 12.6. The maximum absolute atomic E-state index is 11.6. The van der Waals surface area contributed by atoms with E-state index in [1.165, 1.54) is 0 Å². The van der Waals surface area contributed by atoms with Crippen molar-refractivity contribution >= 4 is 11.9 Å². The number of aryl methyl sites for hydroxylation is 1. The van der Waals surface area contributed by atoms with Crippen molar-refractivity contribution in [1.29, 1.82) is 0 Å². The highest BCUT2D eigenvalue weighted by Crippen LogP contribution is 2.37. The number of rotatable bonds is 3. The van der Waals surface area contributed by atoms with Gasteiger partial charge in [-0.1, -0.05) is 0 Å². The normalized spacial score (nSPS) is 24.4. The third-order valence-corrected chi connectivity index (χ3v) is 4.85. The standard InChI is InChI=1S/C15H20N4O3/c1-10-12(17-5-4-16-10)9-19-6-2-15(3-7-19)11(14(21)22)8-13(20)18-15/h4-5,11H,2-3,6-9H2,1H3,(H,18,20)(H,21,22)/t11-/m0/s1. The van der Waals surface area contributed by atoms with Crippen LogP contribution < -0.4 is 5.32 Å². The number of carboxylic acid groups (broad SMARTS) is 1. The Hall–Kier alpha value is -2.02. The van der Waals surface area contributed by atoms with Crippen LogP contribution >= 0.6 is 0 Å². The van der Waals surface area contributed by atoms with Crippen molar-refractivity contribution in [3.63, 3.8) is 0 Å². The van der Waals surface area contributed by atoms with Crippen molar-refractivity contribution in [3.05, 3.63) is 23.8 Å². The molecular formula is C15H20N4O3. The molecule has 0 radical (unpaired) electrons. The van der Waals surface area contributed by atoms with Crippen LogP contribution in [0, 0.1) is 12.8 Å². The summed E-state index contributed by atoms with van der Waals surface area (Å²) in [6.07, 6.45) is 4.78. The van der Waals surface area contributed by atoms with Crippen LogP contribution in [0.2, 0.25) is 0 Å². The zero-order chi connectivity index (χ0) is 15.7. The second-order valence-corrected chi connectivity index (χ2v) is 6.16. The molecular weight excluding hydrogens is 284 g/mol. The summed E-state index contributed by atoms with van der Waals surface area (Å²) in [5.41, 5.74) is 1.29. The molecule has 7 heteroatoms. The highest BCUT2D eigenvalue weighted by Gasteiger charge is 2.51. The molecule has 0 saturated carbocycles. The van der Waals surface area contributed by atoms with Crippen molar-refractivity contribution < 1.29 is 14.7 Å². The van der Waals surface area contributed by atoms with E-state index in [1.807, 2.05) is 6.92 Å². The molecule has 2 fully saturated rings. The molecule has 1 spiro atoms. The first-order chi connectivity index (χ1) is 10.5. The second-order valence-electron chi connectivity index (χ2n) is 6.16. The number of nitrogens with one attached hydrogen (secondary N) is 1. The summed E-state index contributed by atoms with van der Waals surface area (Å²) in [6.45, 7) is 4.15. The molecule has 3 heterocycles. The van der Waals surface area contributed by atoms with Gasteiger partial charge in [-0.05, 0) is 19.8 Å². The summed E-state index contributed by atoms with van der Waals surface area (Å²) >= 11 is 0. The van der Waals surface area contributed by atoms with E-state index in [1.54, 1.807) is 12.4 Å². The molecule has 1 amide bonds. The topological polar surface area (TPSA) is 95.4 Å². The fraction of sp³-hybridized carbons (Fsp3) is 0.600. The van der Waals surface area contributed by atoms with Crippen molar-refractivity contribution in [2.75, 3.05) is 13.1 Å². The lowest BCUT2D eigenvalue weighted by Gasteiger charge is -2.41. The average Bonchev–Trinajstić information content (AvgIpc) is 2.81. The van der Waals surface area contributed by atoms with E-state index in [0.29, 0.717) is 19.4 Å². The minimum atomic E-state index is -0.878. The number of carbonyl (C=O) groups excluding carboxylic acids is 1. The second kappa shape index (κ2) is 5.64. The van der Waals surface area contributed by atoms with Gasteiger partial charge < -0.3 is 10.4 Å². The molecule has 7 nitrogen and oxygen atoms in total. The fourth-order valence-corrected chi connectivity index (χ4v) is 3.51. The van der Waals surface area contributed by atoms with Gasteiger partial charge in [0.15, 0.2) is 0 Å². The number of nitrogens with zero attached hydrogens (tertiary/aromatic N) is 3. The van der Waals surface area contributed by atoms with Crippen molar-refractivity contribution in [2.24, 2.45) is 5.92 Å². The summed E-state index contributed by atoms with van der Waals surface area (Å²) in [6, 6.07) is 0. The molecule has 0 aliphatic carbocycles. The van der Waals surface area contributed by atoms with Gasteiger partial charge in [0.05, 0.1) is 22.8 Å². The van der Waals surface area contributed by atoms with Gasteiger partial charge in [0.2, 0.25) is 5.91 Å². The molecule has 1 aromatic heterocycles. The molecule has 0 aromatic carbocycles. The van der Waals surface area contributed by atoms with Crippen molar-refractivity contribution in [1.82, 2.24) is 20.2 Å². The Morgan fingerprint density at radius 1 is 1.41 bits per heavy atom. The van der Waals surface area contributed by atoms with Crippen LogP contribution in [0.5, 0.6) is 0 Å². The Morgan fingerprint density at radius 3 is 2.73 bits per heavy atom. The van der Waals surface area contributed by atoms with Gasteiger partial charge in [-0.25, -0.2) is 0 Å². The first-order valence-corrected chi connectivity index (χ1v) is 7.53. The molecule has 0 bridgehead atoms. The highest BCUT2D eigenvalue weighted by atomic mass is 16.4. The van der Waals surface area contributed by atoms with Crippen LogP contribution in [-0.4, -0.2) is 50.5 Å². The van der Waals surface area contributed by atoms with Gasteiger partial charge in [-0.3, -0.25) is 24.5 Å². The molecule has 2 aliphatic heterocycles. The maximum Gasteiger partial charge on any atom is 0.309 e. The minimum Gasteiger partial charge on any atom is -0.481 e. The molecule has 1 atom stereocenters. The predicted molar refractivity (Wildman–Crippen MR) is 77.9 cm³/mol. The van der Waals surface area contributed by atoms with E-state index in [4.69, 9.17) is 0 Å². The van der Waals surface area contributed by atoms with Gasteiger partial charge in [0.1, 0.15) is 0 Å². The molecule has 2 N–H and O–H groups in total. The van der Waals surface area contributed by atoms with Crippen molar-refractivity contribution in [3.8, 4) is 0 Å². The molecule has 118 valence electrons. The van der Waals surface area contributed by atoms with Crippen molar-refractivity contribution in [2.45, 2.75) is 38.3 Å². The summed E-state index contributed by atoms with van der Waals surface area (Å²) in [7, 11) is 0. The van der Waals surface area contributed by atoms with E-state index in [0.717, 1.165) is 24.5 Å². The van der Waals surface area contributed by atoms with Gasteiger partial charge in [0, 0.05) is 38.4 Å². The summed E-state index contributed by atoms with van der Waals surface area (Å²) in [5.74, 6) is -1.64. The summed E-state index contributed by atoms with van der Waals surface area (Å²) in [5, 5.41) is 12.3. The number of likely N-dealkylation sites (tertiary alicyclic amines) is 1.